The summed E-state index contributed by atoms with van der Waals surface area (Å²) in [4.78, 5) is 8.17. The van der Waals surface area contributed by atoms with Crippen LogP contribution in [0.3, 0.4) is 0 Å². The first-order chi connectivity index (χ1) is 7.20. The van der Waals surface area contributed by atoms with Crippen molar-refractivity contribution in [2.45, 2.75) is 26.3 Å². The molecule has 82 valence electrons. The Morgan fingerprint density at radius 1 is 1.60 bits per heavy atom. The van der Waals surface area contributed by atoms with Gasteiger partial charge in [-0.25, -0.2) is 0 Å². The molecule has 0 N–H and O–H groups in total. The monoisotopic (exact) mass is 206 g/mol. The molecule has 15 heavy (non-hydrogen) atoms. The molecule has 4 heteroatoms. The molecule has 0 aliphatic carbocycles. The van der Waals surface area contributed by atoms with E-state index >= 15 is 0 Å². The van der Waals surface area contributed by atoms with Gasteiger partial charge in [-0.05, 0) is 20.3 Å². The third-order valence-corrected chi connectivity index (χ3v) is 2.49. The third kappa shape index (κ3) is 2.72. The molecule has 0 atom stereocenters. The van der Waals surface area contributed by atoms with E-state index in [9.17, 15) is 0 Å². The molecule has 1 fully saturated rings. The largest absolute Gasteiger partial charge is 0.339 e. The van der Waals surface area contributed by atoms with Crippen LogP contribution in [0.4, 0.5) is 0 Å². The highest BCUT2D eigenvalue weighted by molar-refractivity contribution is 5.82. The number of nitrogens with zero attached hydrogens (tertiary/aromatic N) is 4. The van der Waals surface area contributed by atoms with E-state index < -0.39 is 0 Å². The maximum Gasteiger partial charge on any atom is 0.213 e. The van der Waals surface area contributed by atoms with E-state index in [1.165, 1.54) is 0 Å². The standard InChI is InChI=1S/C11H18N4/c1-4-6-14-7-5-8-15(10(2)3)11(14)13-9-12/h4,10H,1,5-8H2,2-3H3. The molecule has 1 aliphatic heterocycles. The maximum absolute atomic E-state index is 8.69. The third-order valence-electron chi connectivity index (χ3n) is 2.49. The van der Waals surface area contributed by atoms with Gasteiger partial charge >= 0.3 is 0 Å². The molecule has 1 heterocycles. The van der Waals surface area contributed by atoms with Crippen molar-refractivity contribution < 1.29 is 0 Å². The Bertz CT molecular complexity index is 287. The minimum atomic E-state index is 0.379. The molecule has 1 aliphatic rings. The quantitative estimate of drug-likeness (QED) is 0.518. The van der Waals surface area contributed by atoms with Crippen LogP contribution in [0.25, 0.3) is 0 Å². The molecule has 0 radical (unpaired) electrons. The molecule has 0 saturated carbocycles. The second-order valence-corrected chi connectivity index (χ2v) is 3.89. The lowest BCUT2D eigenvalue weighted by molar-refractivity contribution is 0.237. The first-order valence-electron chi connectivity index (χ1n) is 5.30. The molecule has 0 aromatic carbocycles. The molecule has 0 aromatic heterocycles. The number of hydrogen-bond donors (Lipinski definition) is 0. The summed E-state index contributed by atoms with van der Waals surface area (Å²) in [7, 11) is 0. The van der Waals surface area contributed by atoms with Crippen LogP contribution in [0.15, 0.2) is 17.6 Å². The summed E-state index contributed by atoms with van der Waals surface area (Å²) in [6.45, 7) is 10.6. The fourth-order valence-electron chi connectivity index (χ4n) is 1.81. The minimum absolute atomic E-state index is 0.379. The van der Waals surface area contributed by atoms with Crippen molar-refractivity contribution in [2.24, 2.45) is 4.99 Å². The van der Waals surface area contributed by atoms with Crippen molar-refractivity contribution >= 4 is 5.96 Å². The Morgan fingerprint density at radius 3 is 2.87 bits per heavy atom. The van der Waals surface area contributed by atoms with Crippen LogP contribution in [0.5, 0.6) is 0 Å². The topological polar surface area (TPSA) is 42.6 Å². The van der Waals surface area contributed by atoms with Gasteiger partial charge in [-0.2, -0.15) is 5.26 Å². The molecule has 1 saturated heterocycles. The summed E-state index contributed by atoms with van der Waals surface area (Å²) in [5.74, 6) is 0.790. The zero-order valence-electron chi connectivity index (χ0n) is 9.48. The van der Waals surface area contributed by atoms with E-state index in [4.69, 9.17) is 5.26 Å². The summed E-state index contributed by atoms with van der Waals surface area (Å²) in [5, 5.41) is 8.69. The van der Waals surface area contributed by atoms with E-state index in [-0.39, 0.29) is 0 Å². The Kier molecular flexibility index (Phi) is 4.17. The second kappa shape index (κ2) is 5.40. The van der Waals surface area contributed by atoms with E-state index in [1.54, 1.807) is 0 Å². The van der Waals surface area contributed by atoms with Crippen molar-refractivity contribution in [1.82, 2.24) is 9.80 Å². The molecular weight excluding hydrogens is 188 g/mol. The summed E-state index contributed by atoms with van der Waals surface area (Å²) in [6, 6.07) is 0.379. The molecule has 4 nitrogen and oxygen atoms in total. The normalized spacial score (nSPS) is 19.5. The van der Waals surface area contributed by atoms with Crippen LogP contribution in [0, 0.1) is 11.5 Å². The van der Waals surface area contributed by atoms with Crippen molar-refractivity contribution in [3.8, 4) is 6.19 Å². The Hall–Kier alpha value is -1.50. The SMILES string of the molecule is C=CCN1CCCN(C(C)C)C1=NC#N. The second-order valence-electron chi connectivity index (χ2n) is 3.89. The van der Waals surface area contributed by atoms with Crippen molar-refractivity contribution in [3.05, 3.63) is 12.7 Å². The van der Waals surface area contributed by atoms with Crippen molar-refractivity contribution in [3.63, 3.8) is 0 Å². The van der Waals surface area contributed by atoms with Crippen LogP contribution < -0.4 is 0 Å². The smallest absolute Gasteiger partial charge is 0.213 e. The lowest BCUT2D eigenvalue weighted by atomic mass is 10.2. The van der Waals surface area contributed by atoms with Crippen molar-refractivity contribution in [2.75, 3.05) is 19.6 Å². The predicted molar refractivity (Wildman–Crippen MR) is 61.3 cm³/mol. The minimum Gasteiger partial charge on any atom is -0.339 e. The lowest BCUT2D eigenvalue weighted by Gasteiger charge is -2.40. The van der Waals surface area contributed by atoms with E-state index in [0.717, 1.165) is 32.0 Å². The zero-order valence-corrected chi connectivity index (χ0v) is 9.48. The first-order valence-corrected chi connectivity index (χ1v) is 5.30. The van der Waals surface area contributed by atoms with Crippen LogP contribution >= 0.6 is 0 Å². The number of rotatable bonds is 3. The average Bonchev–Trinajstić information content (AvgIpc) is 2.21. The summed E-state index contributed by atoms with van der Waals surface area (Å²) in [5.41, 5.74) is 0. The summed E-state index contributed by atoms with van der Waals surface area (Å²) >= 11 is 0. The molecule has 0 unspecified atom stereocenters. The van der Waals surface area contributed by atoms with Crippen molar-refractivity contribution in [1.29, 1.82) is 5.26 Å². The van der Waals surface area contributed by atoms with Crippen LogP contribution in [0.1, 0.15) is 20.3 Å². The van der Waals surface area contributed by atoms with E-state index in [1.807, 2.05) is 12.3 Å². The molecule has 0 amide bonds. The van der Waals surface area contributed by atoms with Gasteiger partial charge in [0.25, 0.3) is 0 Å². The van der Waals surface area contributed by atoms with Crippen LogP contribution in [-0.2, 0) is 0 Å². The van der Waals surface area contributed by atoms with Crippen LogP contribution in [0.2, 0.25) is 0 Å². The van der Waals surface area contributed by atoms with Gasteiger partial charge in [-0.3, -0.25) is 0 Å². The van der Waals surface area contributed by atoms with Gasteiger partial charge in [0.1, 0.15) is 0 Å². The first kappa shape index (κ1) is 11.6. The van der Waals surface area contributed by atoms with Gasteiger partial charge in [0, 0.05) is 25.7 Å². The van der Waals surface area contributed by atoms with Crippen LogP contribution in [-0.4, -0.2) is 41.4 Å². The molecular formula is C11H18N4. The number of hydrogen-bond acceptors (Lipinski definition) is 2. The Labute approximate surface area is 91.5 Å². The predicted octanol–water partition coefficient (Wildman–Crippen LogP) is 1.43. The Morgan fingerprint density at radius 2 is 2.33 bits per heavy atom. The van der Waals surface area contributed by atoms with Gasteiger partial charge in [-0.1, -0.05) is 6.08 Å². The molecule has 0 spiro atoms. The highest BCUT2D eigenvalue weighted by Crippen LogP contribution is 2.12. The lowest BCUT2D eigenvalue weighted by Crippen LogP contribution is -2.52. The van der Waals surface area contributed by atoms with Gasteiger partial charge in [0.2, 0.25) is 12.2 Å². The highest BCUT2D eigenvalue weighted by Gasteiger charge is 2.24. The highest BCUT2D eigenvalue weighted by atomic mass is 15.4. The zero-order chi connectivity index (χ0) is 11.3. The fourth-order valence-corrected chi connectivity index (χ4v) is 1.81. The van der Waals surface area contributed by atoms with Gasteiger partial charge in [0.05, 0.1) is 0 Å². The molecule has 0 aromatic rings. The fraction of sp³-hybridized carbons (Fsp3) is 0.636. The average molecular weight is 206 g/mol. The van der Waals surface area contributed by atoms with E-state index in [0.29, 0.717) is 6.04 Å². The number of guanidine groups is 1. The summed E-state index contributed by atoms with van der Waals surface area (Å²) in [6.07, 6.45) is 4.83. The molecule has 0 bridgehead atoms. The number of aliphatic imine (C=N–C) groups is 1. The van der Waals surface area contributed by atoms with Gasteiger partial charge in [-0.15, -0.1) is 11.6 Å². The number of nitriles is 1. The Balaban J connectivity index is 2.86. The van der Waals surface area contributed by atoms with Gasteiger partial charge < -0.3 is 9.80 Å². The van der Waals surface area contributed by atoms with E-state index in [2.05, 4.69) is 35.2 Å². The summed E-state index contributed by atoms with van der Waals surface area (Å²) < 4.78 is 0. The van der Waals surface area contributed by atoms with Gasteiger partial charge in [0.15, 0.2) is 0 Å². The molecule has 1 rings (SSSR count). The maximum atomic E-state index is 8.69.